The molecule has 1 N–H and O–H groups in total. The van der Waals surface area contributed by atoms with Gasteiger partial charge in [0.2, 0.25) is 5.91 Å². The molecule has 0 radical (unpaired) electrons. The Balaban J connectivity index is 2.10. The monoisotopic (exact) mass is 400 g/mol. The van der Waals surface area contributed by atoms with Crippen molar-refractivity contribution in [2.75, 3.05) is 13.2 Å². The van der Waals surface area contributed by atoms with Gasteiger partial charge in [-0.2, -0.15) is 0 Å². The van der Waals surface area contributed by atoms with E-state index >= 15 is 0 Å². The molecule has 0 fully saturated rings. The number of rotatable bonds is 8. The zero-order valence-corrected chi connectivity index (χ0v) is 17.4. The molecule has 1 unspecified atom stereocenters. The van der Waals surface area contributed by atoms with Gasteiger partial charge in [0.1, 0.15) is 6.04 Å². The number of amides is 2. The summed E-state index contributed by atoms with van der Waals surface area (Å²) in [7, 11) is 0. The Morgan fingerprint density at radius 3 is 2.31 bits per heavy atom. The van der Waals surface area contributed by atoms with Crippen LogP contribution >= 0.6 is 0 Å². The Bertz CT molecular complexity index is 818. The molecule has 0 aromatic heterocycles. The van der Waals surface area contributed by atoms with E-state index in [0.29, 0.717) is 13.0 Å². The van der Waals surface area contributed by atoms with Crippen molar-refractivity contribution in [3.63, 3.8) is 0 Å². The van der Waals surface area contributed by atoms with Crippen LogP contribution in [0.2, 0.25) is 0 Å². The van der Waals surface area contributed by atoms with E-state index in [2.05, 4.69) is 5.32 Å². The first-order valence-corrected chi connectivity index (χ1v) is 9.70. The first kappa shape index (κ1) is 22.4. The summed E-state index contributed by atoms with van der Waals surface area (Å²) in [5.74, 6) is -1.14. The summed E-state index contributed by atoms with van der Waals surface area (Å²) in [6.07, 6.45) is 0.597. The molecule has 29 heavy (non-hydrogen) atoms. The number of nitrogens with zero attached hydrogens (tertiary/aromatic N) is 1. The van der Waals surface area contributed by atoms with Gasteiger partial charge in [0, 0.05) is 12.1 Å². The minimum Gasteiger partial charge on any atom is -0.481 e. The van der Waals surface area contributed by atoms with Crippen LogP contribution < -0.4 is 10.1 Å². The summed E-state index contributed by atoms with van der Waals surface area (Å²) in [5.41, 5.74) is 0.645. The third-order valence-electron chi connectivity index (χ3n) is 4.34. The summed E-state index contributed by atoms with van der Waals surface area (Å²) >= 11 is 0. The number of ether oxygens (including phenoxy) is 1. The highest BCUT2D eigenvalue weighted by molar-refractivity contribution is 5.88. The van der Waals surface area contributed by atoms with Gasteiger partial charge in [0.05, 0.1) is 0 Å². The maximum Gasteiger partial charge on any atom is 0.261 e. The van der Waals surface area contributed by atoms with Crippen LogP contribution in [0.25, 0.3) is 0 Å². The number of hydrogen-bond acceptors (Lipinski definition) is 3. The van der Waals surface area contributed by atoms with Gasteiger partial charge in [-0.05, 0) is 51.8 Å². The van der Waals surface area contributed by atoms with E-state index in [4.69, 9.17) is 4.74 Å². The second kappa shape index (κ2) is 10.0. The minimum absolute atomic E-state index is 0.00987. The Kier molecular flexibility index (Phi) is 7.76. The maximum atomic E-state index is 13.8. The van der Waals surface area contributed by atoms with Crippen LogP contribution in [0.4, 0.5) is 4.39 Å². The quantitative estimate of drug-likeness (QED) is 0.737. The number of carbonyl (C=O) groups excluding carboxylic acids is 2. The van der Waals surface area contributed by atoms with Crippen molar-refractivity contribution >= 4 is 11.8 Å². The predicted octanol–water partition coefficient (Wildman–Crippen LogP) is 3.58. The number of carbonyl (C=O) groups is 2. The van der Waals surface area contributed by atoms with Crippen molar-refractivity contribution in [1.82, 2.24) is 10.2 Å². The van der Waals surface area contributed by atoms with Crippen LogP contribution in [-0.2, 0) is 16.0 Å². The highest BCUT2D eigenvalue weighted by Gasteiger charge is 2.28. The maximum absolute atomic E-state index is 13.8. The highest BCUT2D eigenvalue weighted by Crippen LogP contribution is 2.16. The lowest BCUT2D eigenvalue weighted by Crippen LogP contribution is -2.53. The van der Waals surface area contributed by atoms with Crippen LogP contribution in [0, 0.1) is 5.82 Å². The number of hydrogen-bond donors (Lipinski definition) is 1. The molecule has 0 bridgehead atoms. The molecule has 2 rings (SSSR count). The summed E-state index contributed by atoms with van der Waals surface area (Å²) in [5, 5.41) is 2.90. The van der Waals surface area contributed by atoms with E-state index in [1.54, 1.807) is 19.1 Å². The van der Waals surface area contributed by atoms with E-state index in [1.165, 1.54) is 17.0 Å². The topological polar surface area (TPSA) is 58.6 Å². The highest BCUT2D eigenvalue weighted by atomic mass is 19.1. The largest absolute Gasteiger partial charge is 0.481 e. The number of para-hydroxylation sites is 1. The van der Waals surface area contributed by atoms with Crippen molar-refractivity contribution in [2.45, 2.75) is 45.7 Å². The van der Waals surface area contributed by atoms with Crippen LogP contribution in [0.3, 0.4) is 0 Å². The van der Waals surface area contributed by atoms with E-state index in [-0.39, 0.29) is 24.2 Å². The van der Waals surface area contributed by atoms with Crippen molar-refractivity contribution in [2.24, 2.45) is 0 Å². The fourth-order valence-electron chi connectivity index (χ4n) is 2.83. The van der Waals surface area contributed by atoms with Crippen LogP contribution in [-0.4, -0.2) is 41.4 Å². The molecule has 0 saturated heterocycles. The molecule has 0 aliphatic heterocycles. The third-order valence-corrected chi connectivity index (χ3v) is 4.34. The summed E-state index contributed by atoms with van der Waals surface area (Å²) in [4.78, 5) is 27.0. The van der Waals surface area contributed by atoms with Gasteiger partial charge >= 0.3 is 0 Å². The average molecular weight is 400 g/mol. The molecule has 0 aliphatic rings. The zero-order valence-electron chi connectivity index (χ0n) is 17.4. The molecule has 1 atom stereocenters. The molecule has 0 aliphatic carbocycles. The van der Waals surface area contributed by atoms with Gasteiger partial charge in [-0.15, -0.1) is 0 Å². The standard InChI is InChI=1S/C23H29FN2O3/c1-17(22(28)25-23(2,3)4)26(15-14-18-10-6-5-7-11-18)21(27)16-29-20-13-9-8-12-19(20)24/h5-13,17H,14-16H2,1-4H3,(H,25,28). The first-order valence-electron chi connectivity index (χ1n) is 9.70. The summed E-state index contributed by atoms with van der Waals surface area (Å²) in [6.45, 7) is 7.34. The molecule has 2 aromatic carbocycles. The smallest absolute Gasteiger partial charge is 0.261 e. The lowest BCUT2D eigenvalue weighted by molar-refractivity contribution is -0.142. The normalized spacial score (nSPS) is 12.2. The Morgan fingerprint density at radius 2 is 1.69 bits per heavy atom. The molecule has 0 heterocycles. The second-order valence-electron chi connectivity index (χ2n) is 7.96. The van der Waals surface area contributed by atoms with Crippen LogP contribution in [0.15, 0.2) is 54.6 Å². The SMILES string of the molecule is CC(C(=O)NC(C)(C)C)N(CCc1ccccc1)C(=O)COc1ccccc1F. The van der Waals surface area contributed by atoms with Crippen molar-refractivity contribution in [3.8, 4) is 5.75 Å². The second-order valence-corrected chi connectivity index (χ2v) is 7.96. The van der Waals surface area contributed by atoms with E-state index in [9.17, 15) is 14.0 Å². The Labute approximate surface area is 171 Å². The van der Waals surface area contributed by atoms with Crippen molar-refractivity contribution < 1.29 is 18.7 Å². The fourth-order valence-corrected chi connectivity index (χ4v) is 2.83. The molecule has 6 heteroatoms. The van der Waals surface area contributed by atoms with Crippen LogP contribution in [0.1, 0.15) is 33.3 Å². The molecule has 156 valence electrons. The van der Waals surface area contributed by atoms with Gasteiger partial charge in [0.25, 0.3) is 5.91 Å². The number of halogens is 1. The lowest BCUT2D eigenvalue weighted by Gasteiger charge is -2.31. The number of nitrogens with one attached hydrogen (secondary N) is 1. The summed E-state index contributed by atoms with van der Waals surface area (Å²) in [6, 6.07) is 15.0. The molecule has 2 aromatic rings. The molecule has 0 spiro atoms. The third kappa shape index (κ3) is 7.22. The molecule has 0 saturated carbocycles. The zero-order chi connectivity index (χ0) is 21.4. The van der Waals surface area contributed by atoms with Gasteiger partial charge in [-0.1, -0.05) is 42.5 Å². The summed E-state index contributed by atoms with van der Waals surface area (Å²) < 4.78 is 19.1. The Hall–Kier alpha value is -2.89. The predicted molar refractivity (Wildman–Crippen MR) is 111 cm³/mol. The molecule has 2 amide bonds. The molecular formula is C23H29FN2O3. The van der Waals surface area contributed by atoms with Gasteiger partial charge in [0.15, 0.2) is 18.2 Å². The van der Waals surface area contributed by atoms with Crippen molar-refractivity contribution in [1.29, 1.82) is 0 Å². The van der Waals surface area contributed by atoms with Gasteiger partial charge < -0.3 is 15.0 Å². The van der Waals surface area contributed by atoms with E-state index in [0.717, 1.165) is 5.56 Å². The van der Waals surface area contributed by atoms with E-state index < -0.39 is 17.4 Å². The molecule has 5 nitrogen and oxygen atoms in total. The fraction of sp³-hybridized carbons (Fsp3) is 0.391. The Morgan fingerprint density at radius 1 is 1.07 bits per heavy atom. The van der Waals surface area contributed by atoms with Crippen LogP contribution in [0.5, 0.6) is 5.75 Å². The first-order chi connectivity index (χ1) is 13.7. The van der Waals surface area contributed by atoms with Crippen molar-refractivity contribution in [3.05, 3.63) is 66.0 Å². The van der Waals surface area contributed by atoms with Gasteiger partial charge in [-0.3, -0.25) is 9.59 Å². The minimum atomic E-state index is -0.686. The van der Waals surface area contributed by atoms with Gasteiger partial charge in [-0.25, -0.2) is 4.39 Å². The number of benzene rings is 2. The lowest BCUT2D eigenvalue weighted by atomic mass is 10.1. The van der Waals surface area contributed by atoms with E-state index in [1.807, 2.05) is 51.1 Å². The molecular weight excluding hydrogens is 371 g/mol. The average Bonchev–Trinajstić information content (AvgIpc) is 2.66.